The highest BCUT2D eigenvalue weighted by Crippen LogP contribution is 2.02. The van der Waals surface area contributed by atoms with E-state index >= 15 is 0 Å². The number of aromatic nitrogens is 4. The van der Waals surface area contributed by atoms with Crippen LogP contribution in [0.2, 0.25) is 0 Å². The third-order valence-corrected chi connectivity index (χ3v) is 1.96. The zero-order valence-corrected chi connectivity index (χ0v) is 8.74. The molecule has 2 rings (SSSR count). The first-order valence-corrected chi connectivity index (χ1v) is 4.79. The number of carboxylic acids is 1. The predicted octanol–water partition coefficient (Wildman–Crippen LogP) is 0.577. The fraction of sp³-hybridized carbons (Fsp3) is 0.100. The van der Waals surface area contributed by atoms with Crippen molar-refractivity contribution in [2.75, 3.05) is 5.32 Å². The number of hydrogen-bond acceptors (Lipinski definition) is 6. The number of hydrogen-bond donors (Lipinski definition) is 2. The molecule has 0 fully saturated rings. The van der Waals surface area contributed by atoms with Crippen LogP contribution >= 0.6 is 0 Å². The second-order valence-corrected chi connectivity index (χ2v) is 3.20. The maximum atomic E-state index is 10.6. The highest BCUT2D eigenvalue weighted by Gasteiger charge is 2.03. The SMILES string of the molecule is O=C(O)c1cnc(NCc2cncnc2)nc1. The number of nitrogens with zero attached hydrogens (tertiary/aromatic N) is 4. The van der Waals surface area contributed by atoms with Crippen molar-refractivity contribution in [1.82, 2.24) is 19.9 Å². The van der Waals surface area contributed by atoms with Crippen LogP contribution in [0.5, 0.6) is 0 Å². The van der Waals surface area contributed by atoms with Crippen LogP contribution < -0.4 is 5.32 Å². The molecule has 0 saturated heterocycles. The Labute approximate surface area is 96.6 Å². The minimum Gasteiger partial charge on any atom is -0.478 e. The Morgan fingerprint density at radius 3 is 2.41 bits per heavy atom. The van der Waals surface area contributed by atoms with Crippen molar-refractivity contribution in [2.24, 2.45) is 0 Å². The summed E-state index contributed by atoms with van der Waals surface area (Å²) in [6.07, 6.45) is 7.29. The molecule has 0 aliphatic heterocycles. The van der Waals surface area contributed by atoms with Gasteiger partial charge in [0, 0.05) is 36.9 Å². The van der Waals surface area contributed by atoms with Crippen molar-refractivity contribution in [1.29, 1.82) is 0 Å². The van der Waals surface area contributed by atoms with E-state index in [4.69, 9.17) is 5.11 Å². The molecule has 0 atom stereocenters. The molecule has 7 nitrogen and oxygen atoms in total. The Kier molecular flexibility index (Phi) is 3.20. The van der Waals surface area contributed by atoms with Gasteiger partial charge in [-0.3, -0.25) is 0 Å². The van der Waals surface area contributed by atoms with Crippen molar-refractivity contribution < 1.29 is 9.90 Å². The van der Waals surface area contributed by atoms with Gasteiger partial charge in [-0.05, 0) is 0 Å². The monoisotopic (exact) mass is 231 g/mol. The van der Waals surface area contributed by atoms with Crippen LogP contribution in [0.15, 0.2) is 31.1 Å². The Bertz CT molecular complexity index is 500. The molecular weight excluding hydrogens is 222 g/mol. The summed E-state index contributed by atoms with van der Waals surface area (Å²) in [6.45, 7) is 0.479. The third-order valence-electron chi connectivity index (χ3n) is 1.96. The third kappa shape index (κ3) is 2.94. The first kappa shape index (κ1) is 10.9. The van der Waals surface area contributed by atoms with Crippen LogP contribution in [0.25, 0.3) is 0 Å². The number of anilines is 1. The van der Waals surface area contributed by atoms with Gasteiger partial charge in [0.05, 0.1) is 5.56 Å². The van der Waals surface area contributed by atoms with E-state index in [0.717, 1.165) is 5.56 Å². The van der Waals surface area contributed by atoms with Gasteiger partial charge < -0.3 is 10.4 Å². The normalized spacial score (nSPS) is 9.88. The fourth-order valence-electron chi connectivity index (χ4n) is 1.13. The molecule has 2 aromatic rings. The molecule has 0 aliphatic rings. The Morgan fingerprint density at radius 1 is 1.18 bits per heavy atom. The Hall–Kier alpha value is -2.57. The zero-order chi connectivity index (χ0) is 12.1. The van der Waals surface area contributed by atoms with E-state index in [9.17, 15) is 4.79 Å². The van der Waals surface area contributed by atoms with E-state index in [2.05, 4.69) is 25.3 Å². The first-order valence-electron chi connectivity index (χ1n) is 4.79. The lowest BCUT2D eigenvalue weighted by atomic mass is 10.3. The highest BCUT2D eigenvalue weighted by atomic mass is 16.4. The van der Waals surface area contributed by atoms with Crippen LogP contribution in [-0.2, 0) is 6.54 Å². The average Bonchev–Trinajstić information content (AvgIpc) is 2.38. The molecule has 86 valence electrons. The second-order valence-electron chi connectivity index (χ2n) is 3.20. The van der Waals surface area contributed by atoms with E-state index in [0.29, 0.717) is 12.5 Å². The summed E-state index contributed by atoms with van der Waals surface area (Å²) in [4.78, 5) is 26.0. The van der Waals surface area contributed by atoms with Crippen molar-refractivity contribution in [3.8, 4) is 0 Å². The largest absolute Gasteiger partial charge is 0.478 e. The molecule has 2 aromatic heterocycles. The molecule has 0 bridgehead atoms. The lowest BCUT2D eigenvalue weighted by Gasteiger charge is -2.03. The van der Waals surface area contributed by atoms with E-state index < -0.39 is 5.97 Å². The number of rotatable bonds is 4. The summed E-state index contributed by atoms with van der Waals surface area (Å²) in [7, 11) is 0. The standard InChI is InChI=1S/C10H9N5O2/c16-9(17)8-4-14-10(15-5-8)13-3-7-1-11-6-12-2-7/h1-2,4-6H,3H2,(H,16,17)(H,13,14,15). The lowest BCUT2D eigenvalue weighted by molar-refractivity contribution is 0.0696. The molecule has 2 N–H and O–H groups in total. The van der Waals surface area contributed by atoms with Crippen molar-refractivity contribution in [2.45, 2.75) is 6.54 Å². The molecule has 0 radical (unpaired) electrons. The van der Waals surface area contributed by atoms with Gasteiger partial charge in [0.25, 0.3) is 0 Å². The summed E-state index contributed by atoms with van der Waals surface area (Å²) in [6, 6.07) is 0. The second kappa shape index (κ2) is 4.97. The molecular formula is C10H9N5O2. The van der Waals surface area contributed by atoms with Gasteiger partial charge >= 0.3 is 5.97 Å². The first-order chi connectivity index (χ1) is 8.25. The molecule has 17 heavy (non-hydrogen) atoms. The van der Waals surface area contributed by atoms with Gasteiger partial charge in [0.2, 0.25) is 5.95 Å². The van der Waals surface area contributed by atoms with Gasteiger partial charge in [0.15, 0.2) is 0 Å². The van der Waals surface area contributed by atoms with E-state index in [1.807, 2.05) is 0 Å². The van der Waals surface area contributed by atoms with Crippen LogP contribution in [0.1, 0.15) is 15.9 Å². The number of carbonyl (C=O) groups is 1. The van der Waals surface area contributed by atoms with Gasteiger partial charge in [-0.15, -0.1) is 0 Å². The predicted molar refractivity (Wildman–Crippen MR) is 58.4 cm³/mol. The number of aromatic carboxylic acids is 1. The fourth-order valence-corrected chi connectivity index (χ4v) is 1.13. The van der Waals surface area contributed by atoms with Crippen LogP contribution in [0.4, 0.5) is 5.95 Å². The van der Waals surface area contributed by atoms with Crippen molar-refractivity contribution in [3.05, 3.63) is 42.2 Å². The maximum Gasteiger partial charge on any atom is 0.338 e. The summed E-state index contributed by atoms with van der Waals surface area (Å²) < 4.78 is 0. The Balaban J connectivity index is 1.98. The lowest BCUT2D eigenvalue weighted by Crippen LogP contribution is -2.06. The molecule has 0 amide bonds. The molecule has 0 unspecified atom stereocenters. The Morgan fingerprint density at radius 2 is 1.82 bits per heavy atom. The summed E-state index contributed by atoms with van der Waals surface area (Å²) in [5.41, 5.74) is 0.942. The van der Waals surface area contributed by atoms with Crippen LogP contribution in [0, 0.1) is 0 Å². The zero-order valence-electron chi connectivity index (χ0n) is 8.74. The summed E-state index contributed by atoms with van der Waals surface area (Å²) >= 11 is 0. The van der Waals surface area contributed by atoms with E-state index in [1.54, 1.807) is 12.4 Å². The topological polar surface area (TPSA) is 101 Å². The molecule has 0 aromatic carbocycles. The highest BCUT2D eigenvalue weighted by molar-refractivity contribution is 5.86. The van der Waals surface area contributed by atoms with E-state index in [-0.39, 0.29) is 5.56 Å². The minimum atomic E-state index is -1.05. The maximum absolute atomic E-state index is 10.6. The van der Waals surface area contributed by atoms with Gasteiger partial charge in [-0.1, -0.05) is 0 Å². The molecule has 7 heteroatoms. The molecule has 0 aliphatic carbocycles. The molecule has 0 spiro atoms. The van der Waals surface area contributed by atoms with Gasteiger partial charge in [-0.25, -0.2) is 24.7 Å². The summed E-state index contributed by atoms with van der Waals surface area (Å²) in [5.74, 6) is -0.688. The average molecular weight is 231 g/mol. The van der Waals surface area contributed by atoms with Crippen LogP contribution in [0.3, 0.4) is 0 Å². The number of carboxylic acid groups (broad SMARTS) is 1. The number of nitrogens with one attached hydrogen (secondary N) is 1. The minimum absolute atomic E-state index is 0.0543. The summed E-state index contributed by atoms with van der Waals surface area (Å²) in [5, 5.41) is 11.6. The van der Waals surface area contributed by atoms with Gasteiger partial charge in [0.1, 0.15) is 6.33 Å². The van der Waals surface area contributed by atoms with Gasteiger partial charge in [-0.2, -0.15) is 0 Å². The van der Waals surface area contributed by atoms with E-state index in [1.165, 1.54) is 18.7 Å². The smallest absolute Gasteiger partial charge is 0.338 e. The quantitative estimate of drug-likeness (QED) is 0.793. The van der Waals surface area contributed by atoms with Crippen LogP contribution in [-0.4, -0.2) is 31.0 Å². The molecule has 2 heterocycles. The van der Waals surface area contributed by atoms with Crippen molar-refractivity contribution >= 4 is 11.9 Å². The molecule has 0 saturated carbocycles. The van der Waals surface area contributed by atoms with Crippen molar-refractivity contribution in [3.63, 3.8) is 0 Å².